The molecule has 1 heterocycles. The minimum Gasteiger partial charge on any atom is -0.506 e. The van der Waals surface area contributed by atoms with Crippen LogP contribution in [0.5, 0.6) is 5.75 Å². The van der Waals surface area contributed by atoms with Gasteiger partial charge in [-0.1, -0.05) is 23.7 Å². The van der Waals surface area contributed by atoms with Crippen molar-refractivity contribution in [3.63, 3.8) is 0 Å². The van der Waals surface area contributed by atoms with Crippen LogP contribution in [0.2, 0.25) is 5.02 Å². The molecule has 0 fully saturated rings. The highest BCUT2D eigenvalue weighted by atomic mass is 35.5. The van der Waals surface area contributed by atoms with Crippen molar-refractivity contribution in [3.8, 4) is 5.75 Å². The Morgan fingerprint density at radius 1 is 1.33 bits per heavy atom. The number of allylic oxidation sites excluding steroid dienone is 1. The molecule has 0 aliphatic carbocycles. The zero-order valence-electron chi connectivity index (χ0n) is 9.68. The van der Waals surface area contributed by atoms with Crippen molar-refractivity contribution in [2.45, 2.75) is 6.92 Å². The largest absolute Gasteiger partial charge is 0.506 e. The lowest BCUT2D eigenvalue weighted by molar-refractivity contribution is 0.102. The molecule has 1 N–H and O–H groups in total. The van der Waals surface area contributed by atoms with E-state index >= 15 is 0 Å². The molecular weight excluding hydrogens is 252 g/mol. The van der Waals surface area contributed by atoms with Crippen molar-refractivity contribution in [2.75, 3.05) is 0 Å². The third-order valence-corrected chi connectivity index (χ3v) is 2.68. The van der Waals surface area contributed by atoms with Gasteiger partial charge in [0.15, 0.2) is 5.76 Å². The highest BCUT2D eigenvalue weighted by Crippen LogP contribution is 2.24. The van der Waals surface area contributed by atoms with Crippen LogP contribution in [0.25, 0.3) is 6.08 Å². The highest BCUT2D eigenvalue weighted by Gasteiger charge is 2.06. The molecule has 0 aliphatic heterocycles. The van der Waals surface area contributed by atoms with E-state index in [1.807, 2.05) is 0 Å². The number of halogens is 1. The lowest BCUT2D eigenvalue weighted by Gasteiger charge is -1.97. The maximum absolute atomic E-state index is 11.7. The molecule has 0 bridgehead atoms. The molecule has 0 atom stereocenters. The molecule has 1 aromatic carbocycles. The van der Waals surface area contributed by atoms with Crippen molar-refractivity contribution < 1.29 is 14.3 Å². The molecule has 1 aromatic heterocycles. The Balaban J connectivity index is 2.15. The molecule has 0 saturated carbocycles. The van der Waals surface area contributed by atoms with Gasteiger partial charge in [-0.15, -0.1) is 0 Å². The van der Waals surface area contributed by atoms with Gasteiger partial charge in [0.2, 0.25) is 5.78 Å². The number of aryl methyl sites for hydroxylation is 1. The summed E-state index contributed by atoms with van der Waals surface area (Å²) in [5.74, 6) is 0.794. The van der Waals surface area contributed by atoms with Crippen LogP contribution in [0.1, 0.15) is 21.9 Å². The van der Waals surface area contributed by atoms with Crippen molar-refractivity contribution in [2.24, 2.45) is 0 Å². The van der Waals surface area contributed by atoms with Gasteiger partial charge in [-0.05, 0) is 42.8 Å². The van der Waals surface area contributed by atoms with Crippen LogP contribution in [0.15, 0.2) is 40.8 Å². The smallest absolute Gasteiger partial charge is 0.221 e. The number of phenols is 1. The third-order valence-electron chi connectivity index (χ3n) is 2.38. The summed E-state index contributed by atoms with van der Waals surface area (Å²) in [7, 11) is 0. The molecule has 0 radical (unpaired) electrons. The first-order chi connectivity index (χ1) is 8.56. The molecule has 3 nitrogen and oxygen atoms in total. The normalized spacial score (nSPS) is 11.0. The Labute approximate surface area is 109 Å². The summed E-state index contributed by atoms with van der Waals surface area (Å²) in [4.78, 5) is 11.7. The van der Waals surface area contributed by atoms with Gasteiger partial charge in [0.1, 0.15) is 11.5 Å². The van der Waals surface area contributed by atoms with Crippen LogP contribution < -0.4 is 0 Å². The Morgan fingerprint density at radius 2 is 2.11 bits per heavy atom. The molecule has 18 heavy (non-hydrogen) atoms. The van der Waals surface area contributed by atoms with Gasteiger partial charge in [0, 0.05) is 0 Å². The predicted octanol–water partition coefficient (Wildman–Crippen LogP) is 3.84. The average molecular weight is 263 g/mol. The maximum Gasteiger partial charge on any atom is 0.221 e. The van der Waals surface area contributed by atoms with E-state index in [0.717, 1.165) is 5.56 Å². The lowest BCUT2D eigenvalue weighted by atomic mass is 10.2. The van der Waals surface area contributed by atoms with E-state index in [4.69, 9.17) is 16.0 Å². The van der Waals surface area contributed by atoms with Gasteiger partial charge in [0.05, 0.1) is 5.02 Å². The summed E-state index contributed by atoms with van der Waals surface area (Å²) >= 11 is 5.76. The van der Waals surface area contributed by atoms with E-state index in [2.05, 4.69) is 0 Å². The summed E-state index contributed by atoms with van der Waals surface area (Å²) in [6, 6.07) is 8.08. The van der Waals surface area contributed by atoms with Gasteiger partial charge in [0.25, 0.3) is 0 Å². The SMILES string of the molecule is Cc1ccc(C(=O)/C=C/c2ccc(O)c(Cl)c2)o1. The lowest BCUT2D eigenvalue weighted by Crippen LogP contribution is -1.90. The van der Waals surface area contributed by atoms with Gasteiger partial charge in [-0.2, -0.15) is 0 Å². The van der Waals surface area contributed by atoms with E-state index in [9.17, 15) is 9.90 Å². The first-order valence-corrected chi connectivity index (χ1v) is 5.71. The second-order valence-corrected chi connectivity index (χ2v) is 4.23. The summed E-state index contributed by atoms with van der Waals surface area (Å²) < 4.78 is 5.21. The van der Waals surface area contributed by atoms with Crippen molar-refractivity contribution in [1.29, 1.82) is 0 Å². The van der Waals surface area contributed by atoms with Crippen LogP contribution in [0.3, 0.4) is 0 Å². The first kappa shape index (κ1) is 12.5. The predicted molar refractivity (Wildman–Crippen MR) is 69.9 cm³/mol. The summed E-state index contributed by atoms with van der Waals surface area (Å²) in [5.41, 5.74) is 0.731. The molecule has 0 aliphatic rings. The summed E-state index contributed by atoms with van der Waals surface area (Å²) in [5, 5.41) is 9.51. The number of carbonyl (C=O) groups excluding carboxylic acids is 1. The number of phenolic OH excluding ortho intramolecular Hbond substituents is 1. The fraction of sp³-hybridized carbons (Fsp3) is 0.0714. The fourth-order valence-electron chi connectivity index (χ4n) is 1.45. The number of hydrogen-bond donors (Lipinski definition) is 1. The van der Waals surface area contributed by atoms with E-state index in [1.54, 1.807) is 37.3 Å². The standard InChI is InChI=1S/C14H11ClO3/c1-9-2-7-14(18-9)13(17)6-4-10-3-5-12(16)11(15)8-10/h2-8,16H,1H3/b6-4+. The Hall–Kier alpha value is -2.00. The molecule has 2 rings (SSSR count). The maximum atomic E-state index is 11.7. The van der Waals surface area contributed by atoms with Crippen LogP contribution in [0, 0.1) is 6.92 Å². The summed E-state index contributed by atoms with van der Waals surface area (Å²) in [6.07, 6.45) is 3.02. The number of benzene rings is 1. The zero-order valence-corrected chi connectivity index (χ0v) is 10.4. The van der Waals surface area contributed by atoms with Crippen molar-refractivity contribution >= 4 is 23.5 Å². The van der Waals surface area contributed by atoms with Crippen LogP contribution in [-0.4, -0.2) is 10.9 Å². The number of hydrogen-bond acceptors (Lipinski definition) is 3. The number of ketones is 1. The Bertz CT molecular complexity index is 611. The Morgan fingerprint density at radius 3 is 2.72 bits per heavy atom. The third kappa shape index (κ3) is 2.81. The van der Waals surface area contributed by atoms with Crippen LogP contribution >= 0.6 is 11.6 Å². The van der Waals surface area contributed by atoms with E-state index in [0.29, 0.717) is 11.5 Å². The number of rotatable bonds is 3. The highest BCUT2D eigenvalue weighted by molar-refractivity contribution is 6.32. The van der Waals surface area contributed by atoms with Gasteiger partial charge in [-0.25, -0.2) is 0 Å². The molecule has 0 saturated heterocycles. The minimum absolute atomic E-state index is 0.0156. The molecule has 4 heteroatoms. The van der Waals surface area contributed by atoms with Gasteiger partial charge >= 0.3 is 0 Å². The van der Waals surface area contributed by atoms with E-state index in [-0.39, 0.29) is 16.6 Å². The molecule has 2 aromatic rings. The van der Waals surface area contributed by atoms with Crippen LogP contribution in [0.4, 0.5) is 0 Å². The van der Waals surface area contributed by atoms with Crippen molar-refractivity contribution in [1.82, 2.24) is 0 Å². The number of carbonyl (C=O) groups is 1. The second kappa shape index (κ2) is 5.10. The van der Waals surface area contributed by atoms with Gasteiger partial charge < -0.3 is 9.52 Å². The molecule has 0 spiro atoms. The summed E-state index contributed by atoms with van der Waals surface area (Å²) in [6.45, 7) is 1.78. The monoisotopic (exact) mass is 262 g/mol. The number of aromatic hydroxyl groups is 1. The average Bonchev–Trinajstić information content (AvgIpc) is 2.77. The molecular formula is C14H11ClO3. The van der Waals surface area contributed by atoms with Crippen molar-refractivity contribution in [3.05, 3.63) is 58.5 Å². The van der Waals surface area contributed by atoms with E-state index in [1.165, 1.54) is 12.1 Å². The van der Waals surface area contributed by atoms with Gasteiger partial charge in [-0.3, -0.25) is 4.79 Å². The number of furan rings is 1. The molecule has 92 valence electrons. The Kier molecular flexibility index (Phi) is 3.53. The topological polar surface area (TPSA) is 50.4 Å². The minimum atomic E-state index is -0.215. The molecule has 0 unspecified atom stereocenters. The zero-order chi connectivity index (χ0) is 13.1. The molecule has 0 amide bonds. The quantitative estimate of drug-likeness (QED) is 0.675. The second-order valence-electron chi connectivity index (χ2n) is 3.82. The first-order valence-electron chi connectivity index (χ1n) is 5.33. The fourth-order valence-corrected chi connectivity index (χ4v) is 1.64. The van der Waals surface area contributed by atoms with E-state index < -0.39 is 0 Å². The van der Waals surface area contributed by atoms with Crippen LogP contribution in [-0.2, 0) is 0 Å².